The molecular formula is C47H78O2S. The van der Waals surface area contributed by atoms with Gasteiger partial charge in [-0.1, -0.05) is 210 Å². The fourth-order valence-corrected chi connectivity index (χ4v) is 7.64. The van der Waals surface area contributed by atoms with Crippen LogP contribution in [0.1, 0.15) is 204 Å². The van der Waals surface area contributed by atoms with Crippen molar-refractivity contribution in [3.63, 3.8) is 0 Å². The lowest BCUT2D eigenvalue weighted by molar-refractivity contribution is 0.282. The van der Waals surface area contributed by atoms with Crippen molar-refractivity contribution in [3.8, 4) is 5.75 Å². The minimum Gasteiger partial charge on any atom is -0.494 e. The van der Waals surface area contributed by atoms with Crippen LogP contribution in [0.15, 0.2) is 53.4 Å². The Morgan fingerprint density at radius 1 is 0.440 bits per heavy atom. The Hall–Kier alpha value is -1.71. The quantitative estimate of drug-likeness (QED) is 0.0434. The van der Waals surface area contributed by atoms with Crippen molar-refractivity contribution in [1.29, 1.82) is 0 Å². The summed E-state index contributed by atoms with van der Waals surface area (Å²) in [5.74, 6) is 2.19. The lowest BCUT2D eigenvalue weighted by Gasteiger charge is -2.07. The summed E-state index contributed by atoms with van der Waals surface area (Å²) in [6.07, 6.45) is 44.2. The zero-order valence-corrected chi connectivity index (χ0v) is 33.5. The first-order valence-corrected chi connectivity index (χ1v) is 22.5. The maximum atomic E-state index is 8.84. The first-order chi connectivity index (χ1) is 24.8. The summed E-state index contributed by atoms with van der Waals surface area (Å²) in [4.78, 5) is 1.37. The van der Waals surface area contributed by atoms with E-state index < -0.39 is 0 Å². The number of ether oxygens (including phenoxy) is 1. The first-order valence-electron chi connectivity index (χ1n) is 21.6. The van der Waals surface area contributed by atoms with Crippen LogP contribution in [0.3, 0.4) is 0 Å². The summed E-state index contributed by atoms with van der Waals surface area (Å²) in [5.41, 5.74) is 2.45. The Kier molecular flexibility index (Phi) is 30.6. The molecule has 0 radical (unpaired) electrons. The fraction of sp³-hybridized carbons (Fsp3) is 0.702. The van der Waals surface area contributed by atoms with E-state index in [1.165, 1.54) is 195 Å². The van der Waals surface area contributed by atoms with Gasteiger partial charge < -0.3 is 9.84 Å². The number of thioether (sulfide) groups is 1. The molecule has 50 heavy (non-hydrogen) atoms. The molecule has 0 amide bonds. The Morgan fingerprint density at radius 2 is 0.800 bits per heavy atom. The second kappa shape index (κ2) is 34.4. The smallest absolute Gasteiger partial charge is 0.119 e. The molecule has 0 saturated heterocycles. The molecule has 0 heterocycles. The number of hydrogen-bond donors (Lipinski definition) is 1. The van der Waals surface area contributed by atoms with Crippen LogP contribution in [0.25, 0.3) is 12.2 Å². The molecule has 0 unspecified atom stereocenters. The monoisotopic (exact) mass is 707 g/mol. The number of aliphatic hydroxyl groups is 1. The van der Waals surface area contributed by atoms with E-state index >= 15 is 0 Å². The van der Waals surface area contributed by atoms with Crippen molar-refractivity contribution in [2.24, 2.45) is 0 Å². The number of unbranched alkanes of at least 4 members (excludes halogenated alkanes) is 27. The van der Waals surface area contributed by atoms with E-state index in [1.807, 2.05) is 11.8 Å². The van der Waals surface area contributed by atoms with Crippen LogP contribution in [0, 0.1) is 0 Å². The number of rotatable bonds is 36. The van der Waals surface area contributed by atoms with Crippen molar-refractivity contribution >= 4 is 23.9 Å². The van der Waals surface area contributed by atoms with Crippen molar-refractivity contribution in [2.45, 2.75) is 198 Å². The van der Waals surface area contributed by atoms with Crippen LogP contribution in [0.4, 0.5) is 0 Å². The van der Waals surface area contributed by atoms with Crippen LogP contribution in [-0.4, -0.2) is 24.1 Å². The minimum atomic E-state index is 0.349. The van der Waals surface area contributed by atoms with Crippen molar-refractivity contribution in [1.82, 2.24) is 0 Å². The second-order valence-electron chi connectivity index (χ2n) is 14.8. The Morgan fingerprint density at radius 3 is 1.22 bits per heavy atom. The van der Waals surface area contributed by atoms with Crippen LogP contribution in [0.5, 0.6) is 5.75 Å². The van der Waals surface area contributed by atoms with Crippen molar-refractivity contribution < 1.29 is 9.84 Å². The SMILES string of the molecule is CCCCCCCCCCCCCCCCCCCCCCOc1ccc(C=Cc2ccc(SCCCCCCCCCCCO)cc2)cc1. The lowest BCUT2D eigenvalue weighted by Crippen LogP contribution is -1.97. The largest absolute Gasteiger partial charge is 0.494 e. The molecule has 0 aliphatic heterocycles. The molecule has 0 saturated carbocycles. The van der Waals surface area contributed by atoms with Gasteiger partial charge in [0.1, 0.15) is 5.75 Å². The molecular weight excluding hydrogens is 629 g/mol. The van der Waals surface area contributed by atoms with Gasteiger partial charge in [-0.3, -0.25) is 0 Å². The Balaban J connectivity index is 1.37. The third-order valence-corrected chi connectivity index (χ3v) is 11.2. The summed E-state index contributed by atoms with van der Waals surface area (Å²) in [5, 5.41) is 8.84. The number of hydrogen-bond acceptors (Lipinski definition) is 3. The molecule has 0 fully saturated rings. The highest BCUT2D eigenvalue weighted by atomic mass is 32.2. The van der Waals surface area contributed by atoms with Crippen molar-refractivity contribution in [2.75, 3.05) is 19.0 Å². The summed E-state index contributed by atoms with van der Waals surface area (Å²) in [6, 6.07) is 17.5. The molecule has 0 aliphatic rings. The van der Waals surface area contributed by atoms with Gasteiger partial charge in [0.05, 0.1) is 6.61 Å². The van der Waals surface area contributed by atoms with Gasteiger partial charge in [0.25, 0.3) is 0 Å². The molecule has 2 rings (SSSR count). The number of benzene rings is 2. The predicted octanol–water partition coefficient (Wildman–Crippen LogP) is 15.7. The van der Waals surface area contributed by atoms with E-state index in [0.717, 1.165) is 25.2 Å². The summed E-state index contributed by atoms with van der Waals surface area (Å²) >= 11 is 1.98. The molecule has 2 aromatic rings. The molecule has 2 nitrogen and oxygen atoms in total. The van der Waals surface area contributed by atoms with Crippen LogP contribution in [-0.2, 0) is 0 Å². The lowest BCUT2D eigenvalue weighted by atomic mass is 10.0. The van der Waals surface area contributed by atoms with Gasteiger partial charge in [0, 0.05) is 11.5 Å². The van der Waals surface area contributed by atoms with E-state index in [2.05, 4.69) is 67.6 Å². The molecule has 0 bridgehead atoms. The van der Waals surface area contributed by atoms with Gasteiger partial charge in [-0.2, -0.15) is 0 Å². The third kappa shape index (κ3) is 27.0. The highest BCUT2D eigenvalue weighted by molar-refractivity contribution is 7.99. The molecule has 3 heteroatoms. The minimum absolute atomic E-state index is 0.349. The van der Waals surface area contributed by atoms with Gasteiger partial charge >= 0.3 is 0 Å². The van der Waals surface area contributed by atoms with Crippen molar-refractivity contribution in [3.05, 3.63) is 59.7 Å². The zero-order chi connectivity index (χ0) is 35.4. The van der Waals surface area contributed by atoms with Crippen LogP contribution in [0.2, 0.25) is 0 Å². The summed E-state index contributed by atoms with van der Waals surface area (Å²) in [6.45, 7) is 3.47. The fourth-order valence-electron chi connectivity index (χ4n) is 6.73. The summed E-state index contributed by atoms with van der Waals surface area (Å²) < 4.78 is 6.02. The molecule has 284 valence electrons. The first kappa shape index (κ1) is 44.5. The highest BCUT2D eigenvalue weighted by Crippen LogP contribution is 2.22. The predicted molar refractivity (Wildman–Crippen MR) is 225 cm³/mol. The van der Waals surface area contributed by atoms with Crippen LogP contribution >= 0.6 is 11.8 Å². The molecule has 0 aromatic heterocycles. The molecule has 1 N–H and O–H groups in total. The normalized spacial score (nSPS) is 11.6. The van der Waals surface area contributed by atoms with Gasteiger partial charge in [0.2, 0.25) is 0 Å². The second-order valence-corrected chi connectivity index (χ2v) is 16.0. The Labute approximate surface area is 315 Å². The molecule has 2 aromatic carbocycles. The zero-order valence-electron chi connectivity index (χ0n) is 32.7. The molecule has 0 atom stereocenters. The average molecular weight is 707 g/mol. The van der Waals surface area contributed by atoms with E-state index in [4.69, 9.17) is 9.84 Å². The van der Waals surface area contributed by atoms with E-state index in [0.29, 0.717) is 6.61 Å². The van der Waals surface area contributed by atoms with Gasteiger partial charge in [0.15, 0.2) is 0 Å². The Bertz CT molecular complexity index is 999. The van der Waals surface area contributed by atoms with Crippen LogP contribution < -0.4 is 4.74 Å². The third-order valence-electron chi connectivity index (χ3n) is 10.1. The van der Waals surface area contributed by atoms with E-state index in [9.17, 15) is 0 Å². The van der Waals surface area contributed by atoms with Gasteiger partial charge in [-0.15, -0.1) is 11.8 Å². The van der Waals surface area contributed by atoms with Gasteiger partial charge in [-0.25, -0.2) is 0 Å². The van der Waals surface area contributed by atoms with E-state index in [-0.39, 0.29) is 0 Å². The molecule has 0 spiro atoms. The summed E-state index contributed by atoms with van der Waals surface area (Å²) in [7, 11) is 0. The molecule has 0 aliphatic carbocycles. The highest BCUT2D eigenvalue weighted by Gasteiger charge is 1.99. The average Bonchev–Trinajstić information content (AvgIpc) is 3.14. The maximum Gasteiger partial charge on any atom is 0.119 e. The van der Waals surface area contributed by atoms with E-state index in [1.54, 1.807) is 0 Å². The maximum absolute atomic E-state index is 8.84. The number of aliphatic hydroxyl groups excluding tert-OH is 1. The standard InChI is InChI=1S/C47H78O2S/c1-2-3-4-5-6-7-8-9-10-11-12-13-14-15-16-17-20-23-26-29-42-49-46-37-33-44(34-38-46)31-32-45-35-39-47(40-36-45)50-43-30-27-24-21-18-19-22-25-28-41-48/h31-40,48H,2-30,41-43H2,1H3. The topological polar surface area (TPSA) is 29.5 Å². The van der Waals surface area contributed by atoms with Gasteiger partial charge in [-0.05, 0) is 60.4 Å².